The molecule has 2 nitrogen and oxygen atoms in total. The number of allylic oxidation sites excluding steroid dienone is 4. The fraction of sp³-hybridized carbons (Fsp3) is 0.111. The zero-order valence-corrected chi connectivity index (χ0v) is 8.82. The average Bonchev–Trinajstić information content (AvgIpc) is 2.16. The van der Waals surface area contributed by atoms with Crippen LogP contribution in [0.15, 0.2) is 34.0 Å². The maximum atomic E-state index is 10.7. The Bertz CT molecular complexity index is 285. The molecule has 0 aromatic rings. The molecule has 0 unspecified atom stereocenters. The molecule has 64 valence electrons. The van der Waals surface area contributed by atoms with E-state index in [2.05, 4.69) is 12.8 Å². The first-order chi connectivity index (χ1) is 5.83. The summed E-state index contributed by atoms with van der Waals surface area (Å²) in [5.41, 5.74) is 1.05. The Hall–Kier alpha value is -0.710. The van der Waals surface area contributed by atoms with Crippen LogP contribution in [0.3, 0.4) is 0 Å². The first-order valence-corrected chi connectivity index (χ1v) is 5.90. The van der Waals surface area contributed by atoms with Crippen molar-refractivity contribution in [2.24, 2.45) is 0 Å². The molecule has 1 aliphatic heterocycles. The molecule has 1 aliphatic rings. The largest absolute Gasteiger partial charge is 0.466 e. The lowest BCUT2D eigenvalue weighted by Gasteiger charge is -1.94. The maximum Gasteiger partial charge on any atom is 0.330 e. The molecule has 0 aliphatic carbocycles. The second kappa shape index (κ2) is 5.03. The van der Waals surface area contributed by atoms with Gasteiger partial charge in [0.05, 0.1) is 7.11 Å². The summed E-state index contributed by atoms with van der Waals surface area (Å²) >= 11 is 0.125. The second-order valence-corrected chi connectivity index (χ2v) is 4.23. The molecule has 0 aromatic heterocycles. The van der Waals surface area contributed by atoms with Gasteiger partial charge in [0.1, 0.15) is 0 Å². The quantitative estimate of drug-likeness (QED) is 0.437. The third-order valence-corrected chi connectivity index (χ3v) is 2.82. The molecule has 0 amide bonds. The third-order valence-electron chi connectivity index (χ3n) is 1.27. The van der Waals surface area contributed by atoms with E-state index < -0.39 is 0 Å². The fourth-order valence-corrected chi connectivity index (χ4v) is 2.14. The lowest BCUT2D eigenvalue weighted by molar-refractivity contribution is -0.134. The molecule has 0 bridgehead atoms. The molecule has 0 saturated heterocycles. The highest BCUT2D eigenvalue weighted by Crippen LogP contribution is 2.10. The smallest absolute Gasteiger partial charge is 0.330 e. The van der Waals surface area contributed by atoms with Crippen LogP contribution in [-0.4, -0.2) is 17.1 Å². The monoisotopic (exact) mass is 276 g/mol. The average molecular weight is 276 g/mol. The number of methoxy groups -OCH3 is 1. The Labute approximate surface area is 81.4 Å². The second-order valence-electron chi connectivity index (χ2n) is 2.07. The number of carbonyl (C=O) groups is 1. The molecule has 1 rings (SSSR count). The van der Waals surface area contributed by atoms with Crippen LogP contribution >= 0.6 is 20.7 Å². The van der Waals surface area contributed by atoms with Crippen LogP contribution in [0.5, 0.6) is 0 Å². The predicted molar refractivity (Wildman–Crippen MR) is 58.5 cm³/mol. The molecule has 0 radical (unpaired) electrons. The van der Waals surface area contributed by atoms with Crippen LogP contribution in [-0.2, 0) is 9.53 Å². The topological polar surface area (TPSA) is 26.3 Å². The molecule has 0 aromatic carbocycles. The highest BCUT2D eigenvalue weighted by atomic mass is 127. The van der Waals surface area contributed by atoms with E-state index in [9.17, 15) is 4.79 Å². The van der Waals surface area contributed by atoms with E-state index in [4.69, 9.17) is 0 Å². The summed E-state index contributed by atoms with van der Waals surface area (Å²) in [4.78, 5) is 10.7. The van der Waals surface area contributed by atoms with E-state index in [1.165, 1.54) is 13.2 Å². The van der Waals surface area contributed by atoms with Gasteiger partial charge in [0.2, 0.25) is 0 Å². The molecule has 0 atom stereocenters. The molecule has 3 heteroatoms. The van der Waals surface area contributed by atoms with Crippen molar-refractivity contribution in [3.8, 4) is 0 Å². The zero-order valence-electron chi connectivity index (χ0n) is 6.66. The predicted octanol–water partition coefficient (Wildman–Crippen LogP) is 1.94. The van der Waals surface area contributed by atoms with Crippen molar-refractivity contribution in [2.45, 2.75) is 0 Å². The van der Waals surface area contributed by atoms with Gasteiger partial charge >= 0.3 is 5.97 Å². The van der Waals surface area contributed by atoms with E-state index >= 15 is 0 Å². The fourth-order valence-electron chi connectivity index (χ4n) is 0.659. The first kappa shape index (κ1) is 9.38. The normalized spacial score (nSPS) is 15.6. The van der Waals surface area contributed by atoms with Crippen molar-refractivity contribution in [1.82, 2.24) is 0 Å². The Morgan fingerprint density at radius 2 is 2.50 bits per heavy atom. The Morgan fingerprint density at radius 1 is 1.67 bits per heavy atom. The lowest BCUT2D eigenvalue weighted by atomic mass is 10.2. The van der Waals surface area contributed by atoms with Gasteiger partial charge in [-0.1, -0.05) is 20.7 Å². The van der Waals surface area contributed by atoms with Crippen molar-refractivity contribution >= 4 is 30.7 Å². The number of esters is 1. The van der Waals surface area contributed by atoms with Crippen LogP contribution in [0, 0.1) is 0 Å². The number of hydrogen-bond acceptors (Lipinski definition) is 2. The number of rotatable bonds is 2. The minimum absolute atomic E-state index is 0.125. The number of hydrogen-bond donors (Lipinski definition) is 0. The van der Waals surface area contributed by atoms with Crippen LogP contribution in [0.4, 0.5) is 0 Å². The molecule has 0 spiro atoms. The van der Waals surface area contributed by atoms with Gasteiger partial charge in [-0.15, -0.1) is 0 Å². The van der Waals surface area contributed by atoms with Gasteiger partial charge in [-0.25, -0.2) is 4.79 Å². The van der Waals surface area contributed by atoms with Gasteiger partial charge in [0.25, 0.3) is 0 Å². The van der Waals surface area contributed by atoms with E-state index in [0.29, 0.717) is 0 Å². The molecule has 0 saturated carbocycles. The van der Waals surface area contributed by atoms with Crippen molar-refractivity contribution in [3.05, 3.63) is 34.0 Å². The Morgan fingerprint density at radius 3 is 3.08 bits per heavy atom. The summed E-state index contributed by atoms with van der Waals surface area (Å²) in [6, 6.07) is 0. The summed E-state index contributed by atoms with van der Waals surface area (Å²) in [7, 11) is 1.37. The lowest BCUT2D eigenvalue weighted by Crippen LogP contribution is -1.93. The van der Waals surface area contributed by atoms with Crippen molar-refractivity contribution in [2.75, 3.05) is 7.11 Å². The highest BCUT2D eigenvalue weighted by molar-refractivity contribution is 14.2. The summed E-state index contributed by atoms with van der Waals surface area (Å²) in [6.45, 7) is 0. The number of halogens is 1. The highest BCUT2D eigenvalue weighted by Gasteiger charge is 1.92. The minimum Gasteiger partial charge on any atom is -0.466 e. The van der Waals surface area contributed by atoms with Gasteiger partial charge in [-0.3, -0.25) is 0 Å². The van der Waals surface area contributed by atoms with Gasteiger partial charge in [0.15, 0.2) is 0 Å². The standard InChI is InChI=1S/C9H9IO2/c1-12-9(11)3-2-8-4-6-10-7-5-8/h2-7H,1H3/b3-2+. The van der Waals surface area contributed by atoms with E-state index in [1.54, 1.807) is 6.08 Å². The Kier molecular flexibility index (Phi) is 3.93. The van der Waals surface area contributed by atoms with Crippen molar-refractivity contribution in [3.63, 3.8) is 0 Å². The summed E-state index contributed by atoms with van der Waals surface area (Å²) in [5, 5.41) is 0. The molecule has 0 fully saturated rings. The number of carbonyl (C=O) groups excluding carboxylic acids is 1. The van der Waals surface area contributed by atoms with Gasteiger partial charge < -0.3 is 4.74 Å². The Balaban J connectivity index is 2.57. The van der Waals surface area contributed by atoms with E-state index in [0.717, 1.165) is 5.57 Å². The SMILES string of the molecule is COC(=O)/C=C/C1=CC=IC=C1. The van der Waals surface area contributed by atoms with Crippen molar-refractivity contribution in [1.29, 1.82) is 0 Å². The van der Waals surface area contributed by atoms with Crippen LogP contribution in [0.1, 0.15) is 0 Å². The summed E-state index contributed by atoms with van der Waals surface area (Å²) < 4.78 is 8.76. The minimum atomic E-state index is -0.315. The first-order valence-electron chi connectivity index (χ1n) is 3.41. The van der Waals surface area contributed by atoms with Gasteiger partial charge in [-0.2, -0.15) is 0 Å². The molecular weight excluding hydrogens is 267 g/mol. The molecule has 0 N–H and O–H groups in total. The van der Waals surface area contributed by atoms with Crippen LogP contribution in [0.2, 0.25) is 0 Å². The molecule has 12 heavy (non-hydrogen) atoms. The van der Waals surface area contributed by atoms with E-state index in [1.807, 2.05) is 12.2 Å². The van der Waals surface area contributed by atoms with Gasteiger partial charge in [0, 0.05) is 6.08 Å². The maximum absolute atomic E-state index is 10.7. The molecule has 1 heterocycles. The number of ether oxygens (including phenoxy) is 1. The summed E-state index contributed by atoms with van der Waals surface area (Å²) in [6.07, 6.45) is 7.22. The van der Waals surface area contributed by atoms with Crippen LogP contribution < -0.4 is 0 Å². The van der Waals surface area contributed by atoms with Crippen molar-refractivity contribution < 1.29 is 9.53 Å². The zero-order chi connectivity index (χ0) is 8.81. The van der Waals surface area contributed by atoms with Crippen LogP contribution in [0.25, 0.3) is 0 Å². The molecular formula is C9H9IO2. The van der Waals surface area contributed by atoms with Gasteiger partial charge in [-0.05, 0) is 31.9 Å². The van der Waals surface area contributed by atoms with E-state index in [-0.39, 0.29) is 26.7 Å². The third kappa shape index (κ3) is 3.13. The summed E-state index contributed by atoms with van der Waals surface area (Å²) in [5.74, 6) is -0.315.